The number of hydrogen-bond donors (Lipinski definition) is 1. The van der Waals surface area contributed by atoms with E-state index in [9.17, 15) is 4.79 Å². The molecule has 7 heteroatoms. The smallest absolute Gasteiger partial charge is 0.237 e. The molecule has 2 fully saturated rings. The van der Waals surface area contributed by atoms with Gasteiger partial charge in [-0.1, -0.05) is 12.8 Å². The van der Waals surface area contributed by atoms with Crippen LogP contribution in [-0.2, 0) is 4.79 Å². The molecule has 1 unspecified atom stereocenters. The van der Waals surface area contributed by atoms with Crippen LogP contribution in [0.25, 0.3) is 0 Å². The van der Waals surface area contributed by atoms with Crippen LogP contribution in [0, 0.1) is 11.3 Å². The Hall–Kier alpha value is -2.20. The third-order valence-electron chi connectivity index (χ3n) is 5.03. The van der Waals surface area contributed by atoms with Gasteiger partial charge in [0.2, 0.25) is 5.91 Å². The molecule has 0 spiro atoms. The lowest BCUT2D eigenvalue weighted by molar-refractivity contribution is -0.126. The van der Waals surface area contributed by atoms with E-state index >= 15 is 0 Å². The first-order chi connectivity index (χ1) is 11.7. The summed E-state index contributed by atoms with van der Waals surface area (Å²) in [6, 6.07) is 2.33. The minimum atomic E-state index is -0.120. The predicted octanol–water partition coefficient (Wildman–Crippen LogP) is 0.918. The Morgan fingerprint density at radius 1 is 1.25 bits per heavy atom. The minimum Gasteiger partial charge on any atom is -0.352 e. The number of piperazine rings is 1. The van der Waals surface area contributed by atoms with E-state index in [0.717, 1.165) is 39.0 Å². The zero-order valence-electron chi connectivity index (χ0n) is 14.1. The first kappa shape index (κ1) is 16.7. The molecule has 1 aliphatic carbocycles. The van der Waals surface area contributed by atoms with E-state index in [0.29, 0.717) is 17.6 Å². The molecule has 7 nitrogen and oxygen atoms in total. The van der Waals surface area contributed by atoms with Gasteiger partial charge in [-0.05, 0) is 19.8 Å². The van der Waals surface area contributed by atoms with Gasteiger partial charge in [-0.15, -0.1) is 0 Å². The zero-order chi connectivity index (χ0) is 16.9. The molecule has 2 aliphatic rings. The molecule has 0 aromatic carbocycles. The highest BCUT2D eigenvalue weighted by Crippen LogP contribution is 2.19. The topological polar surface area (TPSA) is 85.2 Å². The second-order valence-corrected chi connectivity index (χ2v) is 6.53. The molecule has 1 saturated heterocycles. The van der Waals surface area contributed by atoms with Gasteiger partial charge in [0, 0.05) is 44.6 Å². The fourth-order valence-corrected chi connectivity index (χ4v) is 3.52. The summed E-state index contributed by atoms with van der Waals surface area (Å²) in [5.74, 6) is 0.773. The average molecular weight is 328 g/mol. The van der Waals surface area contributed by atoms with E-state index in [2.05, 4.69) is 31.2 Å². The molecule has 24 heavy (non-hydrogen) atoms. The summed E-state index contributed by atoms with van der Waals surface area (Å²) < 4.78 is 0. The van der Waals surface area contributed by atoms with Gasteiger partial charge >= 0.3 is 0 Å². The lowest BCUT2D eigenvalue weighted by Gasteiger charge is -2.38. The summed E-state index contributed by atoms with van der Waals surface area (Å²) in [6.45, 7) is 5.02. The maximum atomic E-state index is 12.4. The molecule has 1 aliphatic heterocycles. The van der Waals surface area contributed by atoms with Crippen molar-refractivity contribution in [3.63, 3.8) is 0 Å². The maximum Gasteiger partial charge on any atom is 0.237 e. The van der Waals surface area contributed by atoms with Crippen molar-refractivity contribution in [1.82, 2.24) is 20.2 Å². The highest BCUT2D eigenvalue weighted by molar-refractivity contribution is 5.81. The predicted molar refractivity (Wildman–Crippen MR) is 90.4 cm³/mol. The molecule has 3 rings (SSSR count). The summed E-state index contributed by atoms with van der Waals surface area (Å²) in [5.41, 5.74) is 0.359. The molecular weight excluding hydrogens is 304 g/mol. The highest BCUT2D eigenvalue weighted by atomic mass is 16.2. The van der Waals surface area contributed by atoms with Crippen LogP contribution in [0.15, 0.2) is 12.4 Å². The van der Waals surface area contributed by atoms with Gasteiger partial charge in [-0.3, -0.25) is 9.69 Å². The van der Waals surface area contributed by atoms with Gasteiger partial charge < -0.3 is 10.2 Å². The summed E-state index contributed by atoms with van der Waals surface area (Å²) in [4.78, 5) is 25.0. The molecule has 1 aromatic heterocycles. The summed E-state index contributed by atoms with van der Waals surface area (Å²) in [5, 5.41) is 12.3. The number of carbonyl (C=O) groups excluding carboxylic acids is 1. The number of carbonyl (C=O) groups is 1. The second kappa shape index (κ2) is 7.58. The van der Waals surface area contributed by atoms with Gasteiger partial charge in [0.25, 0.3) is 0 Å². The van der Waals surface area contributed by atoms with Crippen LogP contribution in [-0.4, -0.2) is 59.0 Å². The third kappa shape index (κ3) is 3.65. The van der Waals surface area contributed by atoms with Crippen LogP contribution < -0.4 is 10.2 Å². The molecule has 2 heterocycles. The van der Waals surface area contributed by atoms with Crippen LogP contribution in [0.5, 0.6) is 0 Å². The SMILES string of the molecule is CC(C(=O)NC1CCCC1)N1CCN(c2nccnc2C#N)CC1. The van der Waals surface area contributed by atoms with E-state index < -0.39 is 0 Å². The molecule has 128 valence electrons. The molecule has 0 radical (unpaired) electrons. The number of hydrogen-bond acceptors (Lipinski definition) is 6. The van der Waals surface area contributed by atoms with Crippen molar-refractivity contribution in [3.05, 3.63) is 18.1 Å². The number of nitrogens with one attached hydrogen (secondary N) is 1. The van der Waals surface area contributed by atoms with Crippen molar-refractivity contribution in [2.75, 3.05) is 31.1 Å². The van der Waals surface area contributed by atoms with Crippen molar-refractivity contribution >= 4 is 11.7 Å². The number of rotatable bonds is 4. The largest absolute Gasteiger partial charge is 0.352 e. The van der Waals surface area contributed by atoms with E-state index in [4.69, 9.17) is 5.26 Å². The Bertz CT molecular complexity index is 614. The van der Waals surface area contributed by atoms with Crippen LogP contribution >= 0.6 is 0 Å². The lowest BCUT2D eigenvalue weighted by atomic mass is 10.2. The van der Waals surface area contributed by atoms with Crippen LogP contribution in [0.2, 0.25) is 0 Å². The standard InChI is InChI=1S/C17H24N6O/c1-13(17(24)21-14-4-2-3-5-14)22-8-10-23(11-9-22)16-15(12-18)19-6-7-20-16/h6-7,13-14H,2-5,8-11H2,1H3,(H,21,24). The zero-order valence-corrected chi connectivity index (χ0v) is 14.1. The van der Waals surface area contributed by atoms with Crippen molar-refractivity contribution in [2.24, 2.45) is 0 Å². The van der Waals surface area contributed by atoms with Crippen molar-refractivity contribution in [3.8, 4) is 6.07 Å². The van der Waals surface area contributed by atoms with E-state index in [-0.39, 0.29) is 11.9 Å². The lowest BCUT2D eigenvalue weighted by Crippen LogP contribution is -2.55. The fourth-order valence-electron chi connectivity index (χ4n) is 3.52. The van der Waals surface area contributed by atoms with Crippen LogP contribution in [0.3, 0.4) is 0 Å². The Kier molecular flexibility index (Phi) is 5.26. The number of amides is 1. The molecule has 0 bridgehead atoms. The van der Waals surface area contributed by atoms with Gasteiger partial charge in [-0.25, -0.2) is 9.97 Å². The van der Waals surface area contributed by atoms with Gasteiger partial charge in [0.1, 0.15) is 6.07 Å². The van der Waals surface area contributed by atoms with Gasteiger partial charge in [0.15, 0.2) is 11.5 Å². The quantitative estimate of drug-likeness (QED) is 0.884. The fraction of sp³-hybridized carbons (Fsp3) is 0.647. The Morgan fingerprint density at radius 3 is 2.58 bits per heavy atom. The Balaban J connectivity index is 1.54. The van der Waals surface area contributed by atoms with Crippen molar-refractivity contribution < 1.29 is 4.79 Å². The second-order valence-electron chi connectivity index (χ2n) is 6.53. The Labute approximate surface area is 142 Å². The first-order valence-electron chi connectivity index (χ1n) is 8.69. The summed E-state index contributed by atoms with van der Waals surface area (Å²) in [7, 11) is 0. The van der Waals surface area contributed by atoms with Crippen LogP contribution in [0.4, 0.5) is 5.82 Å². The van der Waals surface area contributed by atoms with E-state index in [1.165, 1.54) is 19.0 Å². The minimum absolute atomic E-state index is 0.120. The average Bonchev–Trinajstić information content (AvgIpc) is 3.14. The van der Waals surface area contributed by atoms with Crippen molar-refractivity contribution in [1.29, 1.82) is 5.26 Å². The molecule has 1 amide bonds. The van der Waals surface area contributed by atoms with E-state index in [1.807, 2.05) is 6.92 Å². The van der Waals surface area contributed by atoms with Gasteiger partial charge in [0.05, 0.1) is 6.04 Å². The monoisotopic (exact) mass is 328 g/mol. The number of aromatic nitrogens is 2. The highest BCUT2D eigenvalue weighted by Gasteiger charge is 2.28. The summed E-state index contributed by atoms with van der Waals surface area (Å²) in [6.07, 6.45) is 7.80. The van der Waals surface area contributed by atoms with Crippen LogP contribution in [0.1, 0.15) is 38.3 Å². The normalized spacial score (nSPS) is 20.6. The van der Waals surface area contributed by atoms with Crippen molar-refractivity contribution in [2.45, 2.75) is 44.7 Å². The molecule has 1 aromatic rings. The first-order valence-corrected chi connectivity index (χ1v) is 8.69. The maximum absolute atomic E-state index is 12.4. The Morgan fingerprint density at radius 2 is 1.92 bits per heavy atom. The third-order valence-corrected chi connectivity index (χ3v) is 5.03. The molecule has 1 saturated carbocycles. The summed E-state index contributed by atoms with van der Waals surface area (Å²) >= 11 is 0. The molecule has 1 atom stereocenters. The molecule has 1 N–H and O–H groups in total. The molecular formula is C17H24N6O. The number of nitriles is 1. The number of nitrogens with zero attached hydrogens (tertiary/aromatic N) is 5. The number of anilines is 1. The van der Waals surface area contributed by atoms with E-state index in [1.54, 1.807) is 6.20 Å². The van der Waals surface area contributed by atoms with Gasteiger partial charge in [-0.2, -0.15) is 5.26 Å².